The molecular weight excluding hydrogens is 745 g/mol. The van der Waals surface area contributed by atoms with E-state index in [1.165, 1.54) is 199 Å². The Labute approximate surface area is 363 Å². The number of aliphatic hydroxyl groups is 4. The van der Waals surface area contributed by atoms with E-state index in [2.05, 4.69) is 13.8 Å². The van der Waals surface area contributed by atoms with Crippen molar-refractivity contribution >= 4 is 5.97 Å². The van der Waals surface area contributed by atoms with Crippen LogP contribution in [0.15, 0.2) is 0 Å². The van der Waals surface area contributed by atoms with Crippen LogP contribution >= 0.6 is 0 Å². The highest BCUT2D eigenvalue weighted by Crippen LogP contribution is 2.23. The molecule has 0 bridgehead atoms. The fourth-order valence-corrected chi connectivity index (χ4v) is 8.26. The molecule has 0 aromatic heterocycles. The summed E-state index contributed by atoms with van der Waals surface area (Å²) >= 11 is 0. The maximum absolute atomic E-state index is 12.8. The number of carbonyl (C=O) groups excluding carboxylic acids is 1. The Kier molecular flexibility index (Phi) is 40.5. The van der Waals surface area contributed by atoms with Gasteiger partial charge in [0.05, 0.1) is 19.8 Å². The largest absolute Gasteiger partial charge is 0.457 e. The molecule has 1 fully saturated rings. The van der Waals surface area contributed by atoms with E-state index in [-0.39, 0.29) is 19.2 Å². The lowest BCUT2D eigenvalue weighted by Crippen LogP contribution is -2.59. The minimum Gasteiger partial charge on any atom is -0.457 e. The van der Waals surface area contributed by atoms with Gasteiger partial charge in [0.25, 0.3) is 0 Å². The van der Waals surface area contributed by atoms with E-state index in [0.717, 1.165) is 32.1 Å². The maximum Gasteiger partial charge on any atom is 0.306 e. The van der Waals surface area contributed by atoms with Gasteiger partial charge in [0.1, 0.15) is 30.5 Å². The lowest BCUT2D eigenvalue weighted by molar-refractivity contribution is -0.305. The third-order valence-corrected chi connectivity index (χ3v) is 12.3. The summed E-state index contributed by atoms with van der Waals surface area (Å²) in [6.07, 6.45) is 40.0. The predicted molar refractivity (Wildman–Crippen MR) is 243 cm³/mol. The molecule has 6 unspecified atom stereocenters. The van der Waals surface area contributed by atoms with Crippen LogP contribution in [0.4, 0.5) is 0 Å². The molecule has 4 N–H and O–H groups in total. The van der Waals surface area contributed by atoms with E-state index in [9.17, 15) is 25.2 Å². The van der Waals surface area contributed by atoms with E-state index in [1.54, 1.807) is 0 Å². The van der Waals surface area contributed by atoms with Gasteiger partial charge in [-0.15, -0.1) is 0 Å². The molecule has 1 aliphatic heterocycles. The van der Waals surface area contributed by atoms with Gasteiger partial charge in [-0.05, 0) is 12.8 Å². The second-order valence-corrected chi connectivity index (χ2v) is 18.0. The Balaban J connectivity index is 2.14. The van der Waals surface area contributed by atoms with Crippen molar-refractivity contribution < 1.29 is 44.2 Å². The third kappa shape index (κ3) is 33.4. The van der Waals surface area contributed by atoms with Gasteiger partial charge >= 0.3 is 5.97 Å². The highest BCUT2D eigenvalue weighted by molar-refractivity contribution is 5.69. The van der Waals surface area contributed by atoms with Crippen LogP contribution in [-0.2, 0) is 23.7 Å². The average molecular weight is 843 g/mol. The second-order valence-electron chi connectivity index (χ2n) is 18.0. The number of carbonyl (C=O) groups is 1. The van der Waals surface area contributed by atoms with Crippen LogP contribution in [0.25, 0.3) is 0 Å². The molecule has 0 spiro atoms. The SMILES string of the molecule is CCCCCCCCCCCCCCCCCCCCCCCCCOCC(COC1OC(CO)C(O)C(O)C1O)OC(=O)CCCCCCCCCCCCCCC. The quantitative estimate of drug-likeness (QED) is 0.0349. The number of rotatable bonds is 45. The van der Waals surface area contributed by atoms with Crippen LogP contribution in [0, 0.1) is 0 Å². The van der Waals surface area contributed by atoms with Crippen LogP contribution < -0.4 is 0 Å². The first-order chi connectivity index (χ1) is 28.9. The highest BCUT2D eigenvalue weighted by atomic mass is 16.7. The third-order valence-electron chi connectivity index (χ3n) is 12.3. The Hall–Kier alpha value is -0.810. The van der Waals surface area contributed by atoms with Gasteiger partial charge < -0.3 is 39.4 Å². The molecule has 0 aromatic carbocycles. The van der Waals surface area contributed by atoms with Crippen molar-refractivity contribution in [2.24, 2.45) is 0 Å². The number of hydrogen-bond acceptors (Lipinski definition) is 9. The molecule has 0 radical (unpaired) electrons. The number of hydrogen-bond donors (Lipinski definition) is 4. The van der Waals surface area contributed by atoms with Crippen molar-refractivity contribution in [2.75, 3.05) is 26.4 Å². The molecule has 9 nitrogen and oxygen atoms in total. The fourth-order valence-electron chi connectivity index (χ4n) is 8.26. The second kappa shape index (κ2) is 42.5. The van der Waals surface area contributed by atoms with Gasteiger partial charge in [-0.3, -0.25) is 4.79 Å². The van der Waals surface area contributed by atoms with Gasteiger partial charge in [-0.1, -0.05) is 232 Å². The zero-order valence-corrected chi connectivity index (χ0v) is 38.8. The van der Waals surface area contributed by atoms with Gasteiger partial charge in [0.2, 0.25) is 0 Å². The maximum atomic E-state index is 12.8. The number of ether oxygens (including phenoxy) is 4. The van der Waals surface area contributed by atoms with Gasteiger partial charge in [0.15, 0.2) is 6.29 Å². The van der Waals surface area contributed by atoms with Crippen LogP contribution in [-0.4, -0.2) is 89.6 Å². The summed E-state index contributed by atoms with van der Waals surface area (Å²) in [5.74, 6) is -0.307. The molecule has 9 heteroatoms. The van der Waals surface area contributed by atoms with Gasteiger partial charge in [-0.2, -0.15) is 0 Å². The molecule has 0 amide bonds. The molecule has 1 rings (SSSR count). The average Bonchev–Trinajstić information content (AvgIpc) is 3.24. The van der Waals surface area contributed by atoms with E-state index in [0.29, 0.717) is 13.0 Å². The van der Waals surface area contributed by atoms with Gasteiger partial charge in [-0.25, -0.2) is 0 Å². The van der Waals surface area contributed by atoms with Crippen molar-refractivity contribution in [1.29, 1.82) is 0 Å². The molecule has 6 atom stereocenters. The monoisotopic (exact) mass is 843 g/mol. The molecule has 0 saturated carbocycles. The summed E-state index contributed by atoms with van der Waals surface area (Å²) in [6, 6.07) is 0. The Bertz CT molecular complexity index is 873. The highest BCUT2D eigenvalue weighted by Gasteiger charge is 2.44. The first kappa shape index (κ1) is 56.2. The van der Waals surface area contributed by atoms with Gasteiger partial charge in [0, 0.05) is 13.0 Å². The Morgan fingerprint density at radius 3 is 1.20 bits per heavy atom. The molecule has 0 aromatic rings. The summed E-state index contributed by atoms with van der Waals surface area (Å²) in [5.41, 5.74) is 0. The molecule has 1 heterocycles. The smallest absolute Gasteiger partial charge is 0.306 e. The Morgan fingerprint density at radius 1 is 0.475 bits per heavy atom. The summed E-state index contributed by atoms with van der Waals surface area (Å²) in [7, 11) is 0. The zero-order chi connectivity index (χ0) is 42.9. The summed E-state index contributed by atoms with van der Waals surface area (Å²) in [5, 5.41) is 40.2. The molecule has 1 saturated heterocycles. The topological polar surface area (TPSA) is 135 Å². The van der Waals surface area contributed by atoms with E-state index in [4.69, 9.17) is 18.9 Å². The first-order valence-corrected chi connectivity index (χ1v) is 25.6. The molecule has 0 aliphatic carbocycles. The van der Waals surface area contributed by atoms with Crippen molar-refractivity contribution in [3.8, 4) is 0 Å². The lowest BCUT2D eigenvalue weighted by atomic mass is 9.99. The normalized spacial score (nSPS) is 20.0. The molecular formula is C50H98O9. The number of esters is 1. The number of aliphatic hydroxyl groups excluding tert-OH is 4. The lowest BCUT2D eigenvalue weighted by Gasteiger charge is -2.39. The zero-order valence-electron chi connectivity index (χ0n) is 38.8. The minimum absolute atomic E-state index is 0.105. The summed E-state index contributed by atoms with van der Waals surface area (Å²) < 4.78 is 22.9. The van der Waals surface area contributed by atoms with Crippen molar-refractivity contribution in [2.45, 2.75) is 288 Å². The van der Waals surface area contributed by atoms with Crippen LogP contribution in [0.5, 0.6) is 0 Å². The van der Waals surface area contributed by atoms with Crippen molar-refractivity contribution in [3.63, 3.8) is 0 Å². The molecule has 352 valence electrons. The molecule has 59 heavy (non-hydrogen) atoms. The summed E-state index contributed by atoms with van der Waals surface area (Å²) in [4.78, 5) is 12.8. The van der Waals surface area contributed by atoms with Crippen LogP contribution in [0.1, 0.15) is 251 Å². The van der Waals surface area contributed by atoms with Crippen LogP contribution in [0.3, 0.4) is 0 Å². The van der Waals surface area contributed by atoms with E-state index >= 15 is 0 Å². The van der Waals surface area contributed by atoms with E-state index < -0.39 is 43.4 Å². The standard InChI is InChI=1S/C50H98O9/c1-3-5-7-9-11-13-15-17-18-19-20-21-22-23-24-25-26-28-30-32-34-36-38-40-56-42-44(43-57-50-49(55)48(54)47(53)45(41-51)59-50)58-46(52)39-37-35-33-31-29-27-16-14-12-10-8-6-4-2/h44-45,47-51,53-55H,3-43H2,1-2H3. The molecule has 1 aliphatic rings. The van der Waals surface area contributed by atoms with Crippen LogP contribution in [0.2, 0.25) is 0 Å². The first-order valence-electron chi connectivity index (χ1n) is 25.6. The van der Waals surface area contributed by atoms with Crippen molar-refractivity contribution in [3.05, 3.63) is 0 Å². The predicted octanol–water partition coefficient (Wildman–Crippen LogP) is 12.2. The Morgan fingerprint density at radius 2 is 0.831 bits per heavy atom. The minimum atomic E-state index is -1.53. The fraction of sp³-hybridized carbons (Fsp3) is 0.980. The van der Waals surface area contributed by atoms with Crippen molar-refractivity contribution in [1.82, 2.24) is 0 Å². The van der Waals surface area contributed by atoms with E-state index in [1.807, 2.05) is 0 Å². The number of unbranched alkanes of at least 4 members (excludes halogenated alkanes) is 34. The summed E-state index contributed by atoms with van der Waals surface area (Å²) in [6.45, 7) is 4.62.